The molecule has 12 heteroatoms. The van der Waals surface area contributed by atoms with Gasteiger partial charge in [-0.05, 0) is 36.2 Å². The van der Waals surface area contributed by atoms with Gasteiger partial charge in [0.1, 0.15) is 18.9 Å². The Morgan fingerprint density at radius 2 is 1.12 bits per heavy atom. The zero-order valence-electron chi connectivity index (χ0n) is 24.7. The van der Waals surface area contributed by atoms with E-state index in [1.165, 1.54) is 66.9 Å². The summed E-state index contributed by atoms with van der Waals surface area (Å²) in [6, 6.07) is 13.1. The van der Waals surface area contributed by atoms with Gasteiger partial charge in [-0.1, -0.05) is 29.4 Å². The van der Waals surface area contributed by atoms with E-state index < -0.39 is 17.4 Å². The van der Waals surface area contributed by atoms with Crippen molar-refractivity contribution in [1.29, 1.82) is 0 Å². The van der Waals surface area contributed by atoms with Crippen LogP contribution in [0.2, 0.25) is 0 Å². The Hall–Kier alpha value is -5.13. The molecule has 0 bridgehead atoms. The zero-order chi connectivity index (χ0) is 31.1. The van der Waals surface area contributed by atoms with Gasteiger partial charge in [-0.2, -0.15) is 0 Å². The maximum Gasteiger partial charge on any atom is 0.338 e. The van der Waals surface area contributed by atoms with Crippen LogP contribution in [0.1, 0.15) is 31.8 Å². The predicted octanol–water partition coefficient (Wildman–Crippen LogP) is 4.17. The first-order valence-corrected chi connectivity index (χ1v) is 13.0. The van der Waals surface area contributed by atoms with Crippen LogP contribution in [-0.2, 0) is 15.9 Å². The van der Waals surface area contributed by atoms with Crippen molar-refractivity contribution >= 4 is 17.7 Å². The van der Waals surface area contributed by atoms with Crippen molar-refractivity contribution in [2.45, 2.75) is 6.42 Å². The summed E-state index contributed by atoms with van der Waals surface area (Å²) in [6.45, 7) is -0.557. The molecule has 4 rings (SSSR count). The molecule has 0 heterocycles. The van der Waals surface area contributed by atoms with Gasteiger partial charge in [-0.15, -0.1) is 0 Å². The number of hydrogen-bond donors (Lipinski definition) is 1. The van der Waals surface area contributed by atoms with Crippen molar-refractivity contribution in [3.63, 3.8) is 0 Å². The SMILES string of the molecule is COc1cc(C(=O)OCC2(COC(=O)c3cc(OC)c(OC)c(OC)c3)Cc3ccccc3/C2=N/O)cc(OC)c1OC. The molecule has 0 fully saturated rings. The van der Waals surface area contributed by atoms with Crippen molar-refractivity contribution in [3.8, 4) is 34.5 Å². The Morgan fingerprint density at radius 3 is 1.49 bits per heavy atom. The second-order valence-corrected chi connectivity index (χ2v) is 9.54. The van der Waals surface area contributed by atoms with Gasteiger partial charge in [-0.3, -0.25) is 0 Å². The normalized spacial score (nSPS) is 14.0. The van der Waals surface area contributed by atoms with E-state index in [0.29, 0.717) is 17.1 Å². The molecule has 43 heavy (non-hydrogen) atoms. The Bertz CT molecular complexity index is 1400. The average molecular weight is 596 g/mol. The molecule has 0 aromatic heterocycles. The van der Waals surface area contributed by atoms with Gasteiger partial charge in [-0.25, -0.2) is 9.59 Å². The van der Waals surface area contributed by atoms with Gasteiger partial charge in [0.2, 0.25) is 11.5 Å². The minimum absolute atomic E-state index is 0.136. The van der Waals surface area contributed by atoms with Crippen LogP contribution in [0.15, 0.2) is 53.7 Å². The highest BCUT2D eigenvalue weighted by Gasteiger charge is 2.47. The van der Waals surface area contributed by atoms with Crippen molar-refractivity contribution in [2.24, 2.45) is 10.6 Å². The lowest BCUT2D eigenvalue weighted by Gasteiger charge is -2.28. The number of ether oxygens (including phenoxy) is 8. The molecule has 12 nitrogen and oxygen atoms in total. The van der Waals surface area contributed by atoms with Gasteiger partial charge >= 0.3 is 11.9 Å². The van der Waals surface area contributed by atoms with Crippen LogP contribution >= 0.6 is 0 Å². The number of benzene rings is 3. The van der Waals surface area contributed by atoms with Crippen molar-refractivity contribution in [2.75, 3.05) is 55.9 Å². The van der Waals surface area contributed by atoms with Crippen molar-refractivity contribution < 1.29 is 52.7 Å². The molecule has 0 atom stereocenters. The lowest BCUT2D eigenvalue weighted by molar-refractivity contribution is 0.0148. The van der Waals surface area contributed by atoms with E-state index >= 15 is 0 Å². The quantitative estimate of drug-likeness (QED) is 0.183. The van der Waals surface area contributed by atoms with E-state index in [9.17, 15) is 14.8 Å². The minimum Gasteiger partial charge on any atom is -0.493 e. The first-order valence-electron chi connectivity index (χ1n) is 13.0. The Balaban J connectivity index is 1.64. The highest BCUT2D eigenvalue weighted by atomic mass is 16.6. The van der Waals surface area contributed by atoms with Gasteiger partial charge in [0.25, 0.3) is 0 Å². The monoisotopic (exact) mass is 595 g/mol. The van der Waals surface area contributed by atoms with Crippen LogP contribution in [0, 0.1) is 5.41 Å². The van der Waals surface area contributed by atoms with Gasteiger partial charge < -0.3 is 43.1 Å². The number of esters is 2. The third-order valence-electron chi connectivity index (χ3n) is 7.16. The molecule has 1 aliphatic carbocycles. The lowest BCUT2D eigenvalue weighted by atomic mass is 9.84. The summed E-state index contributed by atoms with van der Waals surface area (Å²) in [4.78, 5) is 26.6. The maximum atomic E-state index is 13.3. The third-order valence-corrected chi connectivity index (χ3v) is 7.16. The molecular formula is C31H33NO11. The second kappa shape index (κ2) is 13.2. The Morgan fingerprint density at radius 1 is 0.698 bits per heavy atom. The smallest absolute Gasteiger partial charge is 0.338 e. The van der Waals surface area contributed by atoms with Crippen LogP contribution in [-0.4, -0.2) is 78.7 Å². The average Bonchev–Trinajstić information content (AvgIpc) is 3.37. The lowest BCUT2D eigenvalue weighted by Crippen LogP contribution is -2.40. The van der Waals surface area contributed by atoms with Crippen molar-refractivity contribution in [3.05, 3.63) is 70.8 Å². The summed E-state index contributed by atoms with van der Waals surface area (Å²) in [7, 11) is 8.64. The summed E-state index contributed by atoms with van der Waals surface area (Å²) >= 11 is 0. The number of methoxy groups -OCH3 is 6. The molecule has 3 aromatic rings. The molecule has 0 radical (unpaired) electrons. The number of nitrogens with zero attached hydrogens (tertiary/aromatic N) is 1. The van der Waals surface area contributed by atoms with Gasteiger partial charge in [0.05, 0.1) is 59.2 Å². The molecule has 0 spiro atoms. The maximum absolute atomic E-state index is 13.3. The summed E-state index contributed by atoms with van der Waals surface area (Å²) in [6.07, 6.45) is 0.271. The molecule has 1 aliphatic rings. The van der Waals surface area contributed by atoms with Crippen LogP contribution in [0.3, 0.4) is 0 Å². The molecule has 228 valence electrons. The van der Waals surface area contributed by atoms with Crippen LogP contribution in [0.4, 0.5) is 0 Å². The molecule has 0 amide bonds. The Labute approximate surface area is 248 Å². The van der Waals surface area contributed by atoms with E-state index in [2.05, 4.69) is 5.16 Å². The van der Waals surface area contributed by atoms with Gasteiger partial charge in [0.15, 0.2) is 23.0 Å². The zero-order valence-corrected chi connectivity index (χ0v) is 24.7. The summed E-state index contributed by atoms with van der Waals surface area (Å²) in [5.41, 5.74) is 0.777. The predicted molar refractivity (Wildman–Crippen MR) is 154 cm³/mol. The van der Waals surface area contributed by atoms with E-state index in [1.54, 1.807) is 12.1 Å². The van der Waals surface area contributed by atoms with E-state index in [4.69, 9.17) is 37.9 Å². The third kappa shape index (κ3) is 5.94. The number of oxime groups is 1. The number of hydrogen-bond acceptors (Lipinski definition) is 12. The molecule has 3 aromatic carbocycles. The number of fused-ring (bicyclic) bond motifs is 1. The fraction of sp³-hybridized carbons (Fsp3) is 0.323. The van der Waals surface area contributed by atoms with E-state index in [1.807, 2.05) is 12.1 Å². The molecule has 0 aliphatic heterocycles. The molecule has 1 N–H and O–H groups in total. The standard InChI is InChI=1S/C31H33NO11/c1-36-22-11-19(12-23(37-2)26(22)40-5)29(33)42-16-31(15-18-9-7-8-10-21(18)28(31)32-35)17-43-30(34)20-13-24(38-3)27(41-6)25(14-20)39-4/h7-14,35H,15-17H2,1-6H3/b32-28-. The van der Waals surface area contributed by atoms with E-state index in [0.717, 1.165) is 5.56 Å². The molecule has 0 saturated heterocycles. The Kier molecular flexibility index (Phi) is 9.49. The topological polar surface area (TPSA) is 141 Å². The first-order chi connectivity index (χ1) is 20.8. The second-order valence-electron chi connectivity index (χ2n) is 9.54. The fourth-order valence-corrected chi connectivity index (χ4v) is 5.05. The van der Waals surface area contributed by atoms with Crippen LogP contribution in [0.25, 0.3) is 0 Å². The van der Waals surface area contributed by atoms with Crippen molar-refractivity contribution in [1.82, 2.24) is 0 Å². The highest BCUT2D eigenvalue weighted by molar-refractivity contribution is 6.09. The fourth-order valence-electron chi connectivity index (χ4n) is 5.05. The number of carbonyl (C=O) groups is 2. The summed E-state index contributed by atoms with van der Waals surface area (Å²) in [5.74, 6) is 0.311. The highest BCUT2D eigenvalue weighted by Crippen LogP contribution is 2.42. The van der Waals surface area contributed by atoms with Gasteiger partial charge in [0, 0.05) is 5.56 Å². The molecule has 0 saturated carbocycles. The molecular weight excluding hydrogens is 562 g/mol. The van der Waals surface area contributed by atoms with Crippen LogP contribution < -0.4 is 28.4 Å². The number of rotatable bonds is 12. The van der Waals surface area contributed by atoms with Crippen LogP contribution in [0.5, 0.6) is 34.5 Å². The largest absolute Gasteiger partial charge is 0.493 e. The first kappa shape index (κ1) is 30.8. The minimum atomic E-state index is -1.20. The summed E-state index contributed by atoms with van der Waals surface area (Å²) < 4.78 is 43.6. The number of carbonyl (C=O) groups excluding carboxylic acids is 2. The van der Waals surface area contributed by atoms with E-state index in [-0.39, 0.29) is 59.5 Å². The molecule has 0 unspecified atom stereocenters. The summed E-state index contributed by atoms with van der Waals surface area (Å²) in [5, 5.41) is 13.7.